The van der Waals surface area contributed by atoms with Gasteiger partial charge in [0.15, 0.2) is 5.69 Å². The summed E-state index contributed by atoms with van der Waals surface area (Å²) < 4.78 is 37.7. The van der Waals surface area contributed by atoms with Crippen LogP contribution in [0.5, 0.6) is 0 Å². The van der Waals surface area contributed by atoms with E-state index in [9.17, 15) is 18.0 Å². The zero-order chi connectivity index (χ0) is 12.3. The van der Waals surface area contributed by atoms with E-state index in [2.05, 4.69) is 10.4 Å². The van der Waals surface area contributed by atoms with Crippen LogP contribution in [0.25, 0.3) is 0 Å². The predicted molar refractivity (Wildman–Crippen MR) is 47.2 cm³/mol. The molecule has 1 amide bonds. The van der Waals surface area contributed by atoms with Gasteiger partial charge < -0.3 is 10.4 Å². The Morgan fingerprint density at radius 3 is 2.69 bits per heavy atom. The molecule has 0 aliphatic carbocycles. The van der Waals surface area contributed by atoms with E-state index in [4.69, 9.17) is 5.11 Å². The number of halogens is 3. The van der Waals surface area contributed by atoms with E-state index in [0.29, 0.717) is 6.07 Å². The third-order valence-electron chi connectivity index (χ3n) is 1.89. The second kappa shape index (κ2) is 4.52. The summed E-state index contributed by atoms with van der Waals surface area (Å²) in [7, 11) is 1.36. The van der Waals surface area contributed by atoms with Crippen LogP contribution in [-0.2, 0) is 24.1 Å². The van der Waals surface area contributed by atoms with Gasteiger partial charge in [0.25, 0.3) is 0 Å². The molecule has 0 atom stereocenters. The molecule has 0 bridgehead atoms. The fourth-order valence-electron chi connectivity index (χ4n) is 1.07. The fraction of sp³-hybridized carbons (Fsp3) is 0.500. The summed E-state index contributed by atoms with van der Waals surface area (Å²) in [6.07, 6.45) is -4.59. The first-order valence-electron chi connectivity index (χ1n) is 4.34. The molecule has 1 heterocycles. The quantitative estimate of drug-likeness (QED) is 0.785. The zero-order valence-electron chi connectivity index (χ0n) is 8.38. The topological polar surface area (TPSA) is 67.2 Å². The van der Waals surface area contributed by atoms with E-state index in [1.165, 1.54) is 7.05 Å². The number of nitrogens with one attached hydrogen (secondary N) is 1. The highest BCUT2D eigenvalue weighted by molar-refractivity contribution is 5.75. The molecule has 1 aromatic heterocycles. The number of aliphatic hydroxyl groups is 1. The van der Waals surface area contributed by atoms with Crippen molar-refractivity contribution in [3.63, 3.8) is 0 Å². The number of aliphatic hydroxyl groups excluding tert-OH is 1. The molecular weight excluding hydrogens is 227 g/mol. The van der Waals surface area contributed by atoms with Crippen LogP contribution in [0.2, 0.25) is 0 Å². The number of rotatable bonds is 3. The third kappa shape index (κ3) is 2.72. The third-order valence-corrected chi connectivity index (χ3v) is 1.89. The van der Waals surface area contributed by atoms with Crippen molar-refractivity contribution in [1.29, 1.82) is 0 Å². The highest BCUT2D eigenvalue weighted by Crippen LogP contribution is 2.28. The van der Waals surface area contributed by atoms with Crippen molar-refractivity contribution >= 4 is 5.91 Å². The first-order valence-corrected chi connectivity index (χ1v) is 4.34. The molecule has 1 aromatic rings. The number of hydrogen-bond acceptors (Lipinski definition) is 3. The van der Waals surface area contributed by atoms with Crippen molar-refractivity contribution < 1.29 is 23.1 Å². The molecular formula is C8H10F3N3O2. The summed E-state index contributed by atoms with van der Waals surface area (Å²) in [5, 5.41) is 14.3. The molecule has 0 saturated heterocycles. The standard InChI is InChI=1S/C8H10F3N3O2/c1-12-7(16)3-14-5(4-15)2-6(13-14)8(9,10)11/h2,15H,3-4H2,1H3,(H,12,16). The van der Waals surface area contributed by atoms with E-state index in [-0.39, 0.29) is 12.2 Å². The van der Waals surface area contributed by atoms with Gasteiger partial charge in [-0.3, -0.25) is 9.48 Å². The van der Waals surface area contributed by atoms with Crippen LogP contribution in [0.4, 0.5) is 13.2 Å². The van der Waals surface area contributed by atoms with E-state index >= 15 is 0 Å². The Morgan fingerprint density at radius 1 is 1.62 bits per heavy atom. The number of nitrogens with zero attached hydrogens (tertiary/aromatic N) is 2. The zero-order valence-corrected chi connectivity index (χ0v) is 8.38. The molecule has 16 heavy (non-hydrogen) atoms. The Kier molecular flexibility index (Phi) is 3.53. The van der Waals surface area contributed by atoms with Gasteiger partial charge >= 0.3 is 6.18 Å². The van der Waals surface area contributed by atoms with E-state index in [1.54, 1.807) is 0 Å². The molecule has 1 rings (SSSR count). The summed E-state index contributed by atoms with van der Waals surface area (Å²) in [6, 6.07) is 0.711. The highest BCUT2D eigenvalue weighted by atomic mass is 19.4. The minimum absolute atomic E-state index is 0.0593. The van der Waals surface area contributed by atoms with Gasteiger partial charge in [0.1, 0.15) is 6.54 Å². The molecule has 8 heteroatoms. The summed E-state index contributed by atoms with van der Waals surface area (Å²) in [6.45, 7) is -0.970. The summed E-state index contributed by atoms with van der Waals surface area (Å²) in [5.41, 5.74) is -1.18. The average Bonchev–Trinajstić information content (AvgIpc) is 2.60. The number of hydrogen-bond donors (Lipinski definition) is 2. The van der Waals surface area contributed by atoms with Gasteiger partial charge in [-0.15, -0.1) is 0 Å². The normalized spacial score (nSPS) is 11.6. The molecule has 2 N–H and O–H groups in total. The van der Waals surface area contributed by atoms with Crippen LogP contribution in [0.15, 0.2) is 6.07 Å². The first kappa shape index (κ1) is 12.5. The minimum atomic E-state index is -4.59. The lowest BCUT2D eigenvalue weighted by molar-refractivity contribution is -0.141. The van der Waals surface area contributed by atoms with Gasteiger partial charge in [0.05, 0.1) is 12.3 Å². The van der Waals surface area contributed by atoms with Gasteiger partial charge in [-0.25, -0.2) is 0 Å². The molecule has 0 unspecified atom stereocenters. The van der Waals surface area contributed by atoms with Crippen molar-refractivity contribution in [2.75, 3.05) is 7.05 Å². The van der Waals surface area contributed by atoms with E-state index < -0.39 is 24.4 Å². The number of aromatic nitrogens is 2. The number of amides is 1. The van der Waals surface area contributed by atoms with Crippen LogP contribution in [0, 0.1) is 0 Å². The molecule has 5 nitrogen and oxygen atoms in total. The number of carbonyl (C=O) groups excluding carboxylic acids is 1. The lowest BCUT2D eigenvalue weighted by Crippen LogP contribution is -2.25. The predicted octanol–water partition coefficient (Wildman–Crippen LogP) is 0.140. The van der Waals surface area contributed by atoms with Crippen LogP contribution in [0.1, 0.15) is 11.4 Å². The van der Waals surface area contributed by atoms with Gasteiger partial charge in [0.2, 0.25) is 5.91 Å². The molecule has 0 aliphatic heterocycles. The molecule has 0 saturated carbocycles. The highest BCUT2D eigenvalue weighted by Gasteiger charge is 2.34. The van der Waals surface area contributed by atoms with Crippen molar-refractivity contribution in [2.24, 2.45) is 0 Å². The Bertz CT molecular complexity index is 386. The van der Waals surface area contributed by atoms with E-state index in [1.807, 2.05) is 0 Å². The Balaban J connectivity index is 3.00. The Hall–Kier alpha value is -1.57. The maximum Gasteiger partial charge on any atom is 0.435 e. The largest absolute Gasteiger partial charge is 0.435 e. The molecule has 0 spiro atoms. The minimum Gasteiger partial charge on any atom is -0.390 e. The Morgan fingerprint density at radius 2 is 2.25 bits per heavy atom. The maximum atomic E-state index is 12.3. The molecule has 90 valence electrons. The van der Waals surface area contributed by atoms with Gasteiger partial charge in [-0.1, -0.05) is 0 Å². The summed E-state index contributed by atoms with van der Waals surface area (Å²) in [4.78, 5) is 11.0. The van der Waals surface area contributed by atoms with Gasteiger partial charge in [-0.05, 0) is 6.07 Å². The second-order valence-corrected chi connectivity index (χ2v) is 3.01. The van der Waals surface area contributed by atoms with E-state index in [0.717, 1.165) is 4.68 Å². The first-order chi connectivity index (χ1) is 7.38. The van der Waals surface area contributed by atoms with Gasteiger partial charge in [0, 0.05) is 7.05 Å². The number of likely N-dealkylation sites (N-methyl/N-ethyl adjacent to an activating group) is 1. The lowest BCUT2D eigenvalue weighted by Gasteiger charge is -2.04. The van der Waals surface area contributed by atoms with Crippen molar-refractivity contribution in [2.45, 2.75) is 19.3 Å². The molecule has 0 aromatic carbocycles. The summed E-state index contributed by atoms with van der Waals surface area (Å²) >= 11 is 0. The van der Waals surface area contributed by atoms with Crippen LogP contribution >= 0.6 is 0 Å². The smallest absolute Gasteiger partial charge is 0.390 e. The van der Waals surface area contributed by atoms with Crippen LogP contribution < -0.4 is 5.32 Å². The van der Waals surface area contributed by atoms with Crippen LogP contribution in [-0.4, -0.2) is 27.8 Å². The van der Waals surface area contributed by atoms with Crippen molar-refractivity contribution in [3.8, 4) is 0 Å². The second-order valence-electron chi connectivity index (χ2n) is 3.01. The average molecular weight is 237 g/mol. The van der Waals surface area contributed by atoms with Crippen molar-refractivity contribution in [3.05, 3.63) is 17.5 Å². The molecule has 0 fully saturated rings. The molecule has 0 aliphatic rings. The SMILES string of the molecule is CNC(=O)Cn1nc(C(F)(F)F)cc1CO. The fourth-order valence-corrected chi connectivity index (χ4v) is 1.07. The van der Waals surface area contributed by atoms with Crippen molar-refractivity contribution in [1.82, 2.24) is 15.1 Å². The maximum absolute atomic E-state index is 12.3. The van der Waals surface area contributed by atoms with Gasteiger partial charge in [-0.2, -0.15) is 18.3 Å². The van der Waals surface area contributed by atoms with Crippen LogP contribution in [0.3, 0.4) is 0 Å². The number of alkyl halides is 3. The lowest BCUT2D eigenvalue weighted by atomic mass is 10.3. The number of carbonyl (C=O) groups is 1. The summed E-state index contributed by atoms with van der Waals surface area (Å²) in [5.74, 6) is -0.494. The monoisotopic (exact) mass is 237 g/mol. The Labute approximate surface area is 88.9 Å². The molecule has 0 radical (unpaired) electrons.